The zero-order chi connectivity index (χ0) is 14.3. The summed E-state index contributed by atoms with van der Waals surface area (Å²) in [6.45, 7) is 7.40. The van der Waals surface area contributed by atoms with Crippen molar-refractivity contribution in [1.29, 1.82) is 0 Å². The predicted octanol–water partition coefficient (Wildman–Crippen LogP) is 2.09. The fourth-order valence-electron chi connectivity index (χ4n) is 1.70. The second-order valence-corrected chi connectivity index (χ2v) is 4.09. The van der Waals surface area contributed by atoms with Crippen LogP contribution in [0.2, 0.25) is 0 Å². The second-order valence-electron chi connectivity index (χ2n) is 4.09. The Kier molecular flexibility index (Phi) is 8.51. The van der Waals surface area contributed by atoms with Crippen molar-refractivity contribution in [2.75, 3.05) is 26.2 Å². The SMILES string of the molecule is CCN(CC)CCNC(=O)c1ccc([N+](=O)[O-])cc1.Cl. The van der Waals surface area contributed by atoms with Crippen LogP contribution in [-0.4, -0.2) is 41.9 Å². The van der Waals surface area contributed by atoms with E-state index in [2.05, 4.69) is 24.1 Å². The minimum atomic E-state index is -0.484. The van der Waals surface area contributed by atoms with Gasteiger partial charge in [0.05, 0.1) is 4.92 Å². The number of amides is 1. The topological polar surface area (TPSA) is 75.5 Å². The maximum absolute atomic E-state index is 11.8. The molecular formula is C13H20ClN3O3. The Morgan fingerprint density at radius 2 is 1.80 bits per heavy atom. The first-order valence-electron chi connectivity index (χ1n) is 6.33. The van der Waals surface area contributed by atoms with Gasteiger partial charge in [-0.2, -0.15) is 0 Å². The Morgan fingerprint density at radius 1 is 1.25 bits per heavy atom. The van der Waals surface area contributed by atoms with E-state index >= 15 is 0 Å². The van der Waals surface area contributed by atoms with Gasteiger partial charge in [0.15, 0.2) is 0 Å². The number of non-ortho nitro benzene ring substituents is 1. The van der Waals surface area contributed by atoms with Crippen molar-refractivity contribution >= 4 is 24.0 Å². The Hall–Kier alpha value is -1.66. The molecule has 0 radical (unpaired) electrons. The molecule has 0 saturated heterocycles. The number of nitrogens with one attached hydrogen (secondary N) is 1. The van der Waals surface area contributed by atoms with E-state index in [9.17, 15) is 14.9 Å². The molecule has 0 unspecified atom stereocenters. The molecule has 112 valence electrons. The highest BCUT2D eigenvalue weighted by Gasteiger charge is 2.09. The van der Waals surface area contributed by atoms with Gasteiger partial charge in [-0.15, -0.1) is 12.4 Å². The molecule has 0 saturated carbocycles. The molecule has 7 heteroatoms. The van der Waals surface area contributed by atoms with Gasteiger partial charge in [0.25, 0.3) is 11.6 Å². The molecule has 1 aromatic carbocycles. The summed E-state index contributed by atoms with van der Waals surface area (Å²) in [4.78, 5) is 24.0. The fourth-order valence-corrected chi connectivity index (χ4v) is 1.70. The van der Waals surface area contributed by atoms with Crippen molar-refractivity contribution in [3.8, 4) is 0 Å². The van der Waals surface area contributed by atoms with Crippen molar-refractivity contribution in [2.45, 2.75) is 13.8 Å². The molecule has 0 aliphatic heterocycles. The molecule has 6 nitrogen and oxygen atoms in total. The minimum Gasteiger partial charge on any atom is -0.351 e. The van der Waals surface area contributed by atoms with E-state index in [0.717, 1.165) is 19.6 Å². The van der Waals surface area contributed by atoms with Crippen LogP contribution in [0, 0.1) is 10.1 Å². The van der Waals surface area contributed by atoms with Crippen molar-refractivity contribution in [3.05, 3.63) is 39.9 Å². The minimum absolute atomic E-state index is 0. The lowest BCUT2D eigenvalue weighted by atomic mass is 10.2. The first-order chi connectivity index (χ1) is 9.08. The van der Waals surface area contributed by atoms with Gasteiger partial charge >= 0.3 is 0 Å². The van der Waals surface area contributed by atoms with Crippen LogP contribution in [0.25, 0.3) is 0 Å². The maximum atomic E-state index is 11.8. The number of nitro groups is 1. The third-order valence-corrected chi connectivity index (χ3v) is 2.95. The molecule has 0 aliphatic carbocycles. The third-order valence-electron chi connectivity index (χ3n) is 2.95. The summed E-state index contributed by atoms with van der Waals surface area (Å²) in [5.74, 6) is -0.206. The van der Waals surface area contributed by atoms with Gasteiger partial charge in [0, 0.05) is 30.8 Å². The summed E-state index contributed by atoms with van der Waals surface area (Å²) in [6, 6.07) is 5.59. The van der Waals surface area contributed by atoms with E-state index in [1.165, 1.54) is 24.3 Å². The van der Waals surface area contributed by atoms with Crippen LogP contribution < -0.4 is 5.32 Å². The summed E-state index contributed by atoms with van der Waals surface area (Å²) in [5, 5.41) is 13.3. The Morgan fingerprint density at radius 3 is 2.25 bits per heavy atom. The van der Waals surface area contributed by atoms with E-state index in [0.29, 0.717) is 12.1 Å². The van der Waals surface area contributed by atoms with Crippen LogP contribution in [0.3, 0.4) is 0 Å². The molecule has 1 aromatic rings. The van der Waals surface area contributed by atoms with Crippen LogP contribution in [0.5, 0.6) is 0 Å². The van der Waals surface area contributed by atoms with Gasteiger partial charge < -0.3 is 10.2 Å². The molecule has 0 aliphatic rings. The fraction of sp³-hybridized carbons (Fsp3) is 0.462. The molecule has 0 bridgehead atoms. The van der Waals surface area contributed by atoms with Crippen LogP contribution in [0.1, 0.15) is 24.2 Å². The van der Waals surface area contributed by atoms with Gasteiger partial charge in [0.2, 0.25) is 0 Å². The number of carbonyl (C=O) groups is 1. The molecule has 1 rings (SSSR count). The summed E-state index contributed by atoms with van der Waals surface area (Å²) in [6.07, 6.45) is 0. The zero-order valence-electron chi connectivity index (χ0n) is 11.7. The summed E-state index contributed by atoms with van der Waals surface area (Å²) in [7, 11) is 0. The number of hydrogen-bond acceptors (Lipinski definition) is 4. The van der Waals surface area contributed by atoms with Gasteiger partial charge in [-0.1, -0.05) is 13.8 Å². The molecule has 0 spiro atoms. The van der Waals surface area contributed by atoms with Gasteiger partial charge in [-0.3, -0.25) is 14.9 Å². The lowest BCUT2D eigenvalue weighted by molar-refractivity contribution is -0.384. The quantitative estimate of drug-likeness (QED) is 0.618. The van der Waals surface area contributed by atoms with Crippen molar-refractivity contribution in [2.24, 2.45) is 0 Å². The highest BCUT2D eigenvalue weighted by atomic mass is 35.5. The standard InChI is InChI=1S/C13H19N3O3.ClH/c1-3-15(4-2)10-9-14-13(17)11-5-7-12(8-6-11)16(18)19;/h5-8H,3-4,9-10H2,1-2H3,(H,14,17);1H. The van der Waals surface area contributed by atoms with Gasteiger partial charge in [-0.05, 0) is 25.2 Å². The maximum Gasteiger partial charge on any atom is 0.269 e. The first-order valence-corrected chi connectivity index (χ1v) is 6.33. The molecule has 0 atom stereocenters. The van der Waals surface area contributed by atoms with Crippen LogP contribution in [0.4, 0.5) is 5.69 Å². The number of nitrogens with zero attached hydrogens (tertiary/aromatic N) is 2. The van der Waals surface area contributed by atoms with E-state index in [4.69, 9.17) is 0 Å². The Balaban J connectivity index is 0.00000361. The lowest BCUT2D eigenvalue weighted by Gasteiger charge is -2.17. The monoisotopic (exact) mass is 301 g/mol. The third kappa shape index (κ3) is 5.54. The average molecular weight is 302 g/mol. The molecule has 0 heterocycles. The zero-order valence-corrected chi connectivity index (χ0v) is 12.5. The van der Waals surface area contributed by atoms with Crippen molar-refractivity contribution in [1.82, 2.24) is 10.2 Å². The lowest BCUT2D eigenvalue weighted by Crippen LogP contribution is -2.34. The molecule has 0 fully saturated rings. The van der Waals surface area contributed by atoms with Crippen molar-refractivity contribution < 1.29 is 9.72 Å². The molecule has 20 heavy (non-hydrogen) atoms. The van der Waals surface area contributed by atoms with Crippen LogP contribution in [-0.2, 0) is 0 Å². The van der Waals surface area contributed by atoms with E-state index < -0.39 is 4.92 Å². The molecule has 1 amide bonds. The second kappa shape index (κ2) is 9.28. The van der Waals surface area contributed by atoms with Crippen LogP contribution in [0.15, 0.2) is 24.3 Å². The van der Waals surface area contributed by atoms with E-state index in [1.807, 2.05) is 0 Å². The highest BCUT2D eigenvalue weighted by Crippen LogP contribution is 2.11. The smallest absolute Gasteiger partial charge is 0.269 e. The highest BCUT2D eigenvalue weighted by molar-refractivity contribution is 5.94. The number of benzene rings is 1. The first kappa shape index (κ1) is 18.3. The Labute approximate surface area is 124 Å². The van der Waals surface area contributed by atoms with Gasteiger partial charge in [-0.25, -0.2) is 0 Å². The summed E-state index contributed by atoms with van der Waals surface area (Å²) >= 11 is 0. The number of likely N-dealkylation sites (N-methyl/N-ethyl adjacent to an activating group) is 1. The normalized spacial score (nSPS) is 9.95. The number of carbonyl (C=O) groups excluding carboxylic acids is 1. The Bertz CT molecular complexity index is 433. The number of nitro benzene ring substituents is 1. The van der Waals surface area contributed by atoms with Crippen molar-refractivity contribution in [3.63, 3.8) is 0 Å². The summed E-state index contributed by atoms with van der Waals surface area (Å²) < 4.78 is 0. The summed E-state index contributed by atoms with van der Waals surface area (Å²) in [5.41, 5.74) is 0.421. The molecule has 0 aromatic heterocycles. The average Bonchev–Trinajstić information content (AvgIpc) is 2.43. The number of rotatable bonds is 7. The van der Waals surface area contributed by atoms with E-state index in [-0.39, 0.29) is 24.0 Å². The molecule has 1 N–H and O–H groups in total. The molecular weight excluding hydrogens is 282 g/mol. The van der Waals surface area contributed by atoms with E-state index in [1.54, 1.807) is 0 Å². The largest absolute Gasteiger partial charge is 0.351 e. The van der Waals surface area contributed by atoms with Gasteiger partial charge in [0.1, 0.15) is 0 Å². The number of halogens is 1. The number of hydrogen-bond donors (Lipinski definition) is 1. The van der Waals surface area contributed by atoms with Crippen LogP contribution >= 0.6 is 12.4 Å². The predicted molar refractivity (Wildman–Crippen MR) is 80.5 cm³/mol.